The molecule has 0 saturated carbocycles. The summed E-state index contributed by atoms with van der Waals surface area (Å²) in [6, 6.07) is 8.48. The van der Waals surface area contributed by atoms with Crippen LogP contribution in [-0.2, 0) is 24.2 Å². The molecule has 0 radical (unpaired) electrons. The Balaban J connectivity index is 0.000000159. The molecule has 1 aliphatic carbocycles. The Kier molecular flexibility index (Phi) is 6.71. The van der Waals surface area contributed by atoms with Crippen LogP contribution in [0.5, 0.6) is 0 Å². The number of rotatable bonds is 5. The first-order chi connectivity index (χ1) is 13.1. The molecule has 0 spiro atoms. The minimum absolute atomic E-state index is 0.00543. The molecule has 2 heterocycles. The van der Waals surface area contributed by atoms with Gasteiger partial charge in [-0.2, -0.15) is 0 Å². The minimum Gasteiger partial charge on any atom is -0.389 e. The highest BCUT2D eigenvalue weighted by molar-refractivity contribution is 7.16. The summed E-state index contributed by atoms with van der Waals surface area (Å²) in [7, 11) is 1.85. The highest BCUT2D eigenvalue weighted by Gasteiger charge is 2.19. The molecule has 7 heteroatoms. The van der Waals surface area contributed by atoms with Crippen LogP contribution in [-0.4, -0.2) is 28.4 Å². The molecule has 27 heavy (non-hydrogen) atoms. The van der Waals surface area contributed by atoms with Gasteiger partial charge in [0.25, 0.3) is 0 Å². The first-order valence-electron chi connectivity index (χ1n) is 8.85. The van der Waals surface area contributed by atoms with E-state index >= 15 is 0 Å². The van der Waals surface area contributed by atoms with Crippen molar-refractivity contribution in [2.24, 2.45) is 5.92 Å². The normalized spacial score (nSPS) is 13.0. The number of aldehydes is 1. The molecule has 0 amide bonds. The van der Waals surface area contributed by atoms with Gasteiger partial charge in [-0.05, 0) is 36.8 Å². The van der Waals surface area contributed by atoms with E-state index in [9.17, 15) is 4.79 Å². The zero-order chi connectivity index (χ0) is 19.2. The van der Waals surface area contributed by atoms with Gasteiger partial charge in [0.05, 0.1) is 22.9 Å². The van der Waals surface area contributed by atoms with Gasteiger partial charge in [0.2, 0.25) is 0 Å². The van der Waals surface area contributed by atoms with Crippen LogP contribution in [0.4, 0.5) is 5.13 Å². The molecule has 142 valence electrons. The second-order valence-corrected chi connectivity index (χ2v) is 8.36. The number of fused-ring (bicyclic) bond motifs is 1. The molecule has 2 aromatic heterocycles. The number of nitrogens with one attached hydrogen (secondary N) is 1. The fourth-order valence-electron chi connectivity index (χ4n) is 3.20. The lowest BCUT2D eigenvalue weighted by Gasteiger charge is -2.00. The first kappa shape index (κ1) is 19.7. The SMILES string of the molecule is CNc1nc(-c2sc(CO)nc2C)cs1.O=CCC1Cc2ccccc2C1. The number of benzene rings is 1. The van der Waals surface area contributed by atoms with Crippen molar-refractivity contribution in [1.82, 2.24) is 9.97 Å². The Morgan fingerprint density at radius 2 is 1.96 bits per heavy atom. The number of aliphatic hydroxyl groups excluding tert-OH is 1. The maximum absolute atomic E-state index is 10.3. The molecular formula is C20H23N3O2S2. The summed E-state index contributed by atoms with van der Waals surface area (Å²) in [5.41, 5.74) is 4.73. The van der Waals surface area contributed by atoms with Crippen molar-refractivity contribution in [3.05, 3.63) is 51.5 Å². The predicted molar refractivity (Wildman–Crippen MR) is 111 cm³/mol. The largest absolute Gasteiger partial charge is 0.389 e. The summed E-state index contributed by atoms with van der Waals surface area (Å²) >= 11 is 3.06. The van der Waals surface area contributed by atoms with Gasteiger partial charge in [0.1, 0.15) is 11.3 Å². The van der Waals surface area contributed by atoms with Gasteiger partial charge in [0.15, 0.2) is 5.13 Å². The molecule has 4 rings (SSSR count). The lowest BCUT2D eigenvalue weighted by Crippen LogP contribution is -1.99. The standard InChI is InChI=1S/C11H12O.C9H11N3OS2/c12-6-5-9-7-10-3-1-2-4-11(10)8-9;1-5-8(15-7(3-13)11-5)6-4-14-9(10-2)12-6/h1-4,6,9H,5,7-8H2;4,13H,3H2,1-2H3,(H,10,12). The molecular weight excluding hydrogens is 378 g/mol. The van der Waals surface area contributed by atoms with Gasteiger partial charge in [-0.3, -0.25) is 0 Å². The van der Waals surface area contributed by atoms with E-state index in [0.29, 0.717) is 12.3 Å². The fourth-order valence-corrected chi connectivity index (χ4v) is 4.83. The third-order valence-electron chi connectivity index (χ3n) is 4.49. The topological polar surface area (TPSA) is 75.1 Å². The van der Waals surface area contributed by atoms with E-state index in [2.05, 4.69) is 39.6 Å². The fraction of sp³-hybridized carbons (Fsp3) is 0.350. The van der Waals surface area contributed by atoms with Gasteiger partial charge in [-0.25, -0.2) is 9.97 Å². The van der Waals surface area contributed by atoms with Gasteiger partial charge in [-0.1, -0.05) is 24.3 Å². The summed E-state index contributed by atoms with van der Waals surface area (Å²) in [6.07, 6.45) is 3.94. The summed E-state index contributed by atoms with van der Waals surface area (Å²) in [5.74, 6) is 0.569. The van der Waals surface area contributed by atoms with E-state index in [1.165, 1.54) is 22.5 Å². The molecule has 1 aromatic carbocycles. The Bertz CT molecular complexity index is 879. The van der Waals surface area contributed by atoms with Crippen LogP contribution in [0.1, 0.15) is 28.2 Å². The van der Waals surface area contributed by atoms with Crippen molar-refractivity contribution in [2.75, 3.05) is 12.4 Å². The highest BCUT2D eigenvalue weighted by atomic mass is 32.1. The Hall–Kier alpha value is -2.09. The smallest absolute Gasteiger partial charge is 0.182 e. The molecule has 0 unspecified atom stereocenters. The zero-order valence-corrected chi connectivity index (χ0v) is 17.1. The molecule has 0 saturated heterocycles. The maximum atomic E-state index is 10.3. The van der Waals surface area contributed by atoms with Gasteiger partial charge in [-0.15, -0.1) is 22.7 Å². The number of hydrogen-bond acceptors (Lipinski definition) is 7. The van der Waals surface area contributed by atoms with Gasteiger partial charge in [0, 0.05) is 18.8 Å². The van der Waals surface area contributed by atoms with Crippen molar-refractivity contribution in [3.8, 4) is 10.6 Å². The Labute approximate surface area is 167 Å². The van der Waals surface area contributed by atoms with Gasteiger partial charge >= 0.3 is 0 Å². The summed E-state index contributed by atoms with van der Waals surface area (Å²) < 4.78 is 0. The predicted octanol–water partition coefficient (Wildman–Crippen LogP) is 4.10. The van der Waals surface area contributed by atoms with Crippen molar-refractivity contribution >= 4 is 34.1 Å². The molecule has 0 fully saturated rings. The third kappa shape index (κ3) is 4.80. The van der Waals surface area contributed by atoms with Crippen LogP contribution >= 0.6 is 22.7 Å². The van der Waals surface area contributed by atoms with Crippen LogP contribution in [0.3, 0.4) is 0 Å². The first-order valence-corrected chi connectivity index (χ1v) is 10.6. The van der Waals surface area contributed by atoms with Crippen molar-refractivity contribution in [2.45, 2.75) is 32.8 Å². The molecule has 3 aromatic rings. The number of nitrogens with zero attached hydrogens (tertiary/aromatic N) is 2. The van der Waals surface area contributed by atoms with E-state index in [1.54, 1.807) is 11.3 Å². The quantitative estimate of drug-likeness (QED) is 0.630. The van der Waals surface area contributed by atoms with E-state index < -0.39 is 0 Å². The van der Waals surface area contributed by atoms with Gasteiger partial charge < -0.3 is 15.2 Å². The lowest BCUT2D eigenvalue weighted by atomic mass is 10.0. The van der Waals surface area contributed by atoms with Crippen molar-refractivity contribution < 1.29 is 9.90 Å². The summed E-state index contributed by atoms with van der Waals surface area (Å²) in [4.78, 5) is 20.0. The van der Waals surface area contributed by atoms with Crippen LogP contribution in [0, 0.1) is 12.8 Å². The molecule has 0 aliphatic heterocycles. The Morgan fingerprint density at radius 1 is 1.26 bits per heavy atom. The van der Waals surface area contributed by atoms with E-state index in [0.717, 1.165) is 45.5 Å². The molecule has 0 atom stereocenters. The highest BCUT2D eigenvalue weighted by Crippen LogP contribution is 2.32. The number of aromatic nitrogens is 2. The second kappa shape index (κ2) is 9.21. The van der Waals surface area contributed by atoms with E-state index in [1.807, 2.05) is 19.4 Å². The van der Waals surface area contributed by atoms with E-state index in [-0.39, 0.29) is 6.61 Å². The summed E-state index contributed by atoms with van der Waals surface area (Å²) in [6.45, 7) is 1.93. The van der Waals surface area contributed by atoms with Crippen LogP contribution in [0.2, 0.25) is 0 Å². The van der Waals surface area contributed by atoms with Crippen molar-refractivity contribution in [3.63, 3.8) is 0 Å². The summed E-state index contributed by atoms with van der Waals surface area (Å²) in [5, 5.41) is 15.6. The number of thiazole rings is 2. The average molecular weight is 402 g/mol. The molecule has 0 bridgehead atoms. The van der Waals surface area contributed by atoms with Crippen LogP contribution < -0.4 is 5.32 Å². The second-order valence-electron chi connectivity index (χ2n) is 6.41. The lowest BCUT2D eigenvalue weighted by molar-refractivity contribution is -0.108. The molecule has 5 nitrogen and oxygen atoms in total. The van der Waals surface area contributed by atoms with Crippen LogP contribution in [0.15, 0.2) is 29.6 Å². The number of carbonyl (C=O) groups excluding carboxylic acids is 1. The monoisotopic (exact) mass is 401 g/mol. The maximum Gasteiger partial charge on any atom is 0.182 e. The number of aryl methyl sites for hydroxylation is 1. The number of hydrogen-bond donors (Lipinski definition) is 2. The van der Waals surface area contributed by atoms with Crippen LogP contribution in [0.25, 0.3) is 10.6 Å². The Morgan fingerprint density at radius 3 is 2.48 bits per heavy atom. The number of anilines is 1. The molecule has 1 aliphatic rings. The number of aliphatic hydroxyl groups is 1. The minimum atomic E-state index is -0.00543. The zero-order valence-electron chi connectivity index (χ0n) is 15.4. The molecule has 2 N–H and O–H groups in total. The van der Waals surface area contributed by atoms with Crippen molar-refractivity contribution in [1.29, 1.82) is 0 Å². The third-order valence-corrected chi connectivity index (χ3v) is 6.52. The number of carbonyl (C=O) groups is 1. The van der Waals surface area contributed by atoms with E-state index in [4.69, 9.17) is 5.11 Å². The average Bonchev–Trinajstić information content (AvgIpc) is 3.39.